The first kappa shape index (κ1) is 18.6. The summed E-state index contributed by atoms with van der Waals surface area (Å²) in [4.78, 5) is 19.4. The van der Waals surface area contributed by atoms with Gasteiger partial charge in [0.25, 0.3) is 5.91 Å². The highest BCUT2D eigenvalue weighted by Gasteiger charge is 2.32. The molecular formula is C24H19FN2O2. The van der Waals surface area contributed by atoms with Crippen LogP contribution in [-0.4, -0.2) is 18.9 Å². The van der Waals surface area contributed by atoms with Crippen molar-refractivity contribution in [2.24, 2.45) is 4.99 Å². The zero-order valence-corrected chi connectivity index (χ0v) is 16.1. The fraction of sp³-hybridized carbons (Fsp3) is 0.0833. The number of aliphatic imine (C=N–C) groups is 1. The Hall–Kier alpha value is -3.73. The highest BCUT2D eigenvalue weighted by molar-refractivity contribution is 6.33. The van der Waals surface area contributed by atoms with Gasteiger partial charge < -0.3 is 4.74 Å². The molecule has 0 aromatic heterocycles. The lowest BCUT2D eigenvalue weighted by Gasteiger charge is -2.18. The highest BCUT2D eigenvalue weighted by atomic mass is 19.1. The van der Waals surface area contributed by atoms with Crippen LogP contribution in [0.1, 0.15) is 16.7 Å². The number of nitrogens with zero attached hydrogens (tertiary/aromatic N) is 2. The SMILES string of the molecule is COc1ccccc1/C=C1/N=C(c2cccc(C)c2)N(c2ccc(F)cc2)C1=O. The third kappa shape index (κ3) is 3.67. The van der Waals surface area contributed by atoms with E-state index in [1.165, 1.54) is 17.0 Å². The summed E-state index contributed by atoms with van der Waals surface area (Å²) in [6.07, 6.45) is 1.71. The third-order valence-corrected chi connectivity index (χ3v) is 4.65. The first-order valence-electron chi connectivity index (χ1n) is 9.17. The summed E-state index contributed by atoms with van der Waals surface area (Å²) in [6.45, 7) is 1.98. The average Bonchev–Trinajstić information content (AvgIpc) is 3.05. The van der Waals surface area contributed by atoms with Crippen LogP contribution in [0, 0.1) is 12.7 Å². The third-order valence-electron chi connectivity index (χ3n) is 4.65. The van der Waals surface area contributed by atoms with Gasteiger partial charge in [0, 0.05) is 11.1 Å². The van der Waals surface area contributed by atoms with E-state index >= 15 is 0 Å². The molecule has 5 heteroatoms. The van der Waals surface area contributed by atoms with Gasteiger partial charge in [-0.2, -0.15) is 0 Å². The lowest BCUT2D eigenvalue weighted by atomic mass is 10.1. The molecule has 1 aliphatic heterocycles. The van der Waals surface area contributed by atoms with E-state index in [1.807, 2.05) is 55.5 Å². The Labute approximate surface area is 168 Å². The van der Waals surface area contributed by atoms with Crippen LogP contribution in [0.2, 0.25) is 0 Å². The van der Waals surface area contributed by atoms with E-state index in [0.29, 0.717) is 17.3 Å². The van der Waals surface area contributed by atoms with Gasteiger partial charge in [-0.15, -0.1) is 0 Å². The first-order valence-corrected chi connectivity index (χ1v) is 9.17. The number of hydrogen-bond acceptors (Lipinski definition) is 3. The number of amidine groups is 1. The number of aryl methyl sites for hydroxylation is 1. The van der Waals surface area contributed by atoms with Crippen LogP contribution in [0.4, 0.5) is 10.1 Å². The summed E-state index contributed by atoms with van der Waals surface area (Å²) in [5, 5.41) is 0. The second-order valence-electron chi connectivity index (χ2n) is 6.69. The Morgan fingerprint density at radius 1 is 1.00 bits per heavy atom. The van der Waals surface area contributed by atoms with Crippen LogP contribution in [0.25, 0.3) is 6.08 Å². The Morgan fingerprint density at radius 3 is 2.48 bits per heavy atom. The number of methoxy groups -OCH3 is 1. The van der Waals surface area contributed by atoms with Crippen LogP contribution in [0.15, 0.2) is 83.5 Å². The molecule has 0 unspecified atom stereocenters. The Bertz CT molecular complexity index is 1130. The Kier molecular flexibility index (Phi) is 4.96. The van der Waals surface area contributed by atoms with Crippen molar-refractivity contribution in [2.75, 3.05) is 12.0 Å². The van der Waals surface area contributed by atoms with Crippen molar-refractivity contribution in [1.29, 1.82) is 0 Å². The summed E-state index contributed by atoms with van der Waals surface area (Å²) in [6, 6.07) is 21.0. The van der Waals surface area contributed by atoms with Gasteiger partial charge in [-0.25, -0.2) is 9.38 Å². The van der Waals surface area contributed by atoms with Gasteiger partial charge in [0.05, 0.1) is 12.8 Å². The molecule has 0 atom stereocenters. The van der Waals surface area contributed by atoms with Gasteiger partial charge in [0.1, 0.15) is 23.1 Å². The van der Waals surface area contributed by atoms with Gasteiger partial charge in [0.2, 0.25) is 0 Å². The number of carbonyl (C=O) groups excluding carboxylic acids is 1. The number of carbonyl (C=O) groups is 1. The number of ether oxygens (including phenoxy) is 1. The number of hydrogen-bond donors (Lipinski definition) is 0. The minimum absolute atomic E-state index is 0.279. The minimum Gasteiger partial charge on any atom is -0.496 e. The number of halogens is 1. The molecule has 0 saturated heterocycles. The highest BCUT2D eigenvalue weighted by Crippen LogP contribution is 2.30. The molecule has 0 N–H and O–H groups in total. The smallest absolute Gasteiger partial charge is 0.282 e. The van der Waals surface area contributed by atoms with Crippen molar-refractivity contribution >= 4 is 23.5 Å². The van der Waals surface area contributed by atoms with Gasteiger partial charge >= 0.3 is 0 Å². The van der Waals surface area contributed by atoms with Crippen molar-refractivity contribution in [3.05, 3.63) is 101 Å². The van der Waals surface area contributed by atoms with Gasteiger partial charge in [-0.1, -0.05) is 42.0 Å². The molecule has 0 radical (unpaired) electrons. The van der Waals surface area contributed by atoms with Crippen LogP contribution in [0.5, 0.6) is 5.75 Å². The van der Waals surface area contributed by atoms with E-state index in [1.54, 1.807) is 25.3 Å². The van der Waals surface area contributed by atoms with Gasteiger partial charge in [0.15, 0.2) is 0 Å². The van der Waals surface area contributed by atoms with E-state index in [0.717, 1.165) is 16.7 Å². The molecule has 0 fully saturated rings. The van der Waals surface area contributed by atoms with E-state index in [2.05, 4.69) is 4.99 Å². The molecule has 144 valence electrons. The summed E-state index contributed by atoms with van der Waals surface area (Å²) < 4.78 is 18.8. The van der Waals surface area contributed by atoms with Crippen molar-refractivity contribution in [1.82, 2.24) is 0 Å². The summed E-state index contributed by atoms with van der Waals surface area (Å²) in [5.41, 5.74) is 3.46. The first-order chi connectivity index (χ1) is 14.1. The number of rotatable bonds is 4. The maximum atomic E-state index is 13.4. The maximum Gasteiger partial charge on any atom is 0.282 e. The number of amides is 1. The van der Waals surface area contributed by atoms with E-state index in [-0.39, 0.29) is 17.4 Å². The second-order valence-corrected chi connectivity index (χ2v) is 6.69. The predicted molar refractivity (Wildman–Crippen MR) is 113 cm³/mol. The predicted octanol–water partition coefficient (Wildman–Crippen LogP) is 4.98. The molecule has 0 bridgehead atoms. The van der Waals surface area contributed by atoms with Crippen molar-refractivity contribution in [3.63, 3.8) is 0 Å². The zero-order chi connectivity index (χ0) is 20.4. The molecule has 0 aliphatic carbocycles. The topological polar surface area (TPSA) is 41.9 Å². The lowest BCUT2D eigenvalue weighted by molar-refractivity contribution is -0.113. The standard InChI is InChI=1S/C24H19FN2O2/c1-16-6-5-8-18(14-16)23-26-21(15-17-7-3-4-9-22(17)29-2)24(28)27(23)20-12-10-19(25)11-13-20/h3-15H,1-2H3/b21-15+. The molecule has 1 amide bonds. The quantitative estimate of drug-likeness (QED) is 0.594. The normalized spacial score (nSPS) is 15.0. The summed E-state index contributed by atoms with van der Waals surface area (Å²) in [7, 11) is 1.58. The molecule has 4 rings (SSSR count). The molecule has 1 aliphatic rings. The fourth-order valence-corrected chi connectivity index (χ4v) is 3.26. The Balaban J connectivity index is 1.85. The number of anilines is 1. The van der Waals surface area contributed by atoms with E-state index < -0.39 is 0 Å². The molecule has 1 heterocycles. The van der Waals surface area contributed by atoms with E-state index in [4.69, 9.17) is 4.74 Å². The molecule has 3 aromatic rings. The van der Waals surface area contributed by atoms with Gasteiger partial charge in [-0.3, -0.25) is 9.69 Å². The van der Waals surface area contributed by atoms with Crippen molar-refractivity contribution < 1.29 is 13.9 Å². The summed E-state index contributed by atoms with van der Waals surface area (Å²) in [5.74, 6) is 0.519. The summed E-state index contributed by atoms with van der Waals surface area (Å²) >= 11 is 0. The Morgan fingerprint density at radius 2 is 1.76 bits per heavy atom. The van der Waals surface area contributed by atoms with E-state index in [9.17, 15) is 9.18 Å². The largest absolute Gasteiger partial charge is 0.496 e. The van der Waals surface area contributed by atoms with Crippen LogP contribution >= 0.6 is 0 Å². The second kappa shape index (κ2) is 7.72. The van der Waals surface area contributed by atoms with Crippen molar-refractivity contribution in [2.45, 2.75) is 6.92 Å². The van der Waals surface area contributed by atoms with Crippen LogP contribution < -0.4 is 9.64 Å². The minimum atomic E-state index is -0.362. The lowest BCUT2D eigenvalue weighted by Crippen LogP contribution is -2.32. The van der Waals surface area contributed by atoms with Gasteiger partial charge in [-0.05, 0) is 49.4 Å². The monoisotopic (exact) mass is 386 g/mol. The van der Waals surface area contributed by atoms with Crippen LogP contribution in [-0.2, 0) is 4.79 Å². The number of para-hydroxylation sites is 1. The van der Waals surface area contributed by atoms with Crippen molar-refractivity contribution in [3.8, 4) is 5.75 Å². The molecule has 4 nitrogen and oxygen atoms in total. The molecular weight excluding hydrogens is 367 g/mol. The molecule has 3 aromatic carbocycles. The molecule has 0 spiro atoms. The van der Waals surface area contributed by atoms with Crippen LogP contribution in [0.3, 0.4) is 0 Å². The maximum absolute atomic E-state index is 13.4. The molecule has 29 heavy (non-hydrogen) atoms. The fourth-order valence-electron chi connectivity index (χ4n) is 3.26. The number of benzene rings is 3. The average molecular weight is 386 g/mol. The molecule has 0 saturated carbocycles. The zero-order valence-electron chi connectivity index (χ0n) is 16.1.